The van der Waals surface area contributed by atoms with Gasteiger partial charge in [-0.2, -0.15) is 0 Å². The summed E-state index contributed by atoms with van der Waals surface area (Å²) < 4.78 is 0. The first-order valence-electron chi connectivity index (χ1n) is 6.60. The van der Waals surface area contributed by atoms with Crippen LogP contribution in [-0.2, 0) is 0 Å². The van der Waals surface area contributed by atoms with Gasteiger partial charge < -0.3 is 14.7 Å². The maximum Gasteiger partial charge on any atom is 0.0235 e. The lowest BCUT2D eigenvalue weighted by Gasteiger charge is -2.23. The lowest BCUT2D eigenvalue weighted by molar-refractivity contribution is 0.330. The van der Waals surface area contributed by atoms with Gasteiger partial charge in [0.25, 0.3) is 0 Å². The van der Waals surface area contributed by atoms with E-state index in [-0.39, 0.29) is 0 Å². The Morgan fingerprint density at radius 1 is 0.526 bits per heavy atom. The minimum atomic E-state index is 0.933. The van der Waals surface area contributed by atoms with Crippen LogP contribution in [0.1, 0.15) is 12.8 Å². The number of nitrogens with zero attached hydrogens (tertiary/aromatic N) is 3. The van der Waals surface area contributed by atoms with E-state index in [9.17, 15) is 0 Å². The third kappa shape index (κ3) is 7.92. The van der Waals surface area contributed by atoms with Crippen molar-refractivity contribution in [2.75, 3.05) is 26.2 Å². The fraction of sp³-hybridized carbons (Fsp3) is 0.375. The molecule has 0 radical (unpaired) electrons. The molecular weight excluding hydrogens is 234 g/mol. The molecule has 0 aliphatic rings. The maximum absolute atomic E-state index is 3.86. The topological polar surface area (TPSA) is 9.72 Å². The van der Waals surface area contributed by atoms with Gasteiger partial charge in [-0.3, -0.25) is 0 Å². The van der Waals surface area contributed by atoms with E-state index in [0.29, 0.717) is 0 Å². The van der Waals surface area contributed by atoms with Crippen LogP contribution in [0.3, 0.4) is 0 Å². The largest absolute Gasteiger partial charge is 0.378 e. The molecular formula is C16H27N3. The van der Waals surface area contributed by atoms with Crippen molar-refractivity contribution in [2.24, 2.45) is 0 Å². The first kappa shape index (κ1) is 17.1. The maximum atomic E-state index is 3.86. The fourth-order valence-electron chi connectivity index (χ4n) is 1.72. The highest BCUT2D eigenvalue weighted by molar-refractivity contribution is 4.82. The van der Waals surface area contributed by atoms with Crippen LogP contribution in [0.15, 0.2) is 63.9 Å². The summed E-state index contributed by atoms with van der Waals surface area (Å²) in [5.41, 5.74) is 0. The van der Waals surface area contributed by atoms with Gasteiger partial charge in [-0.15, -0.1) is 0 Å². The molecule has 106 valence electrons. The molecule has 0 aliphatic carbocycles. The average molecular weight is 261 g/mol. The molecule has 3 nitrogen and oxygen atoms in total. The Morgan fingerprint density at radius 2 is 0.895 bits per heavy atom. The second kappa shape index (κ2) is 11.2. The van der Waals surface area contributed by atoms with Gasteiger partial charge in [0.2, 0.25) is 0 Å². The zero-order valence-electron chi connectivity index (χ0n) is 12.0. The van der Waals surface area contributed by atoms with Gasteiger partial charge in [-0.05, 0) is 43.8 Å². The van der Waals surface area contributed by atoms with E-state index in [0.717, 1.165) is 39.0 Å². The van der Waals surface area contributed by atoms with Gasteiger partial charge in [0.15, 0.2) is 0 Å². The van der Waals surface area contributed by atoms with E-state index < -0.39 is 0 Å². The fourth-order valence-corrected chi connectivity index (χ4v) is 1.72. The molecule has 0 atom stereocenters. The van der Waals surface area contributed by atoms with Crippen LogP contribution in [0, 0.1) is 0 Å². The number of rotatable bonds is 13. The van der Waals surface area contributed by atoms with E-state index in [1.165, 1.54) is 0 Å². The molecule has 0 aromatic rings. The van der Waals surface area contributed by atoms with Crippen molar-refractivity contribution in [3.8, 4) is 0 Å². The van der Waals surface area contributed by atoms with Crippen molar-refractivity contribution in [3.63, 3.8) is 0 Å². The van der Waals surface area contributed by atoms with E-state index in [1.54, 1.807) is 24.8 Å². The van der Waals surface area contributed by atoms with E-state index in [2.05, 4.69) is 37.8 Å². The van der Waals surface area contributed by atoms with Gasteiger partial charge in [0, 0.05) is 26.2 Å². The highest BCUT2D eigenvalue weighted by Gasteiger charge is 2.01. The van der Waals surface area contributed by atoms with Crippen molar-refractivity contribution in [2.45, 2.75) is 12.8 Å². The first-order chi connectivity index (χ1) is 9.21. The predicted octanol–water partition coefficient (Wildman–Crippen LogP) is 3.39. The molecule has 0 spiro atoms. The Kier molecular flexibility index (Phi) is 10.1. The minimum Gasteiger partial charge on any atom is -0.378 e. The van der Waals surface area contributed by atoms with Crippen LogP contribution in [0.5, 0.6) is 0 Å². The standard InChI is InChI=1S/C16H27N3/c1-6-17(7-2)13-11-15-19(10-5)16-12-14-18(8-3)9-4/h6-10H,1-5,11-16H2. The Morgan fingerprint density at radius 3 is 1.16 bits per heavy atom. The molecule has 0 unspecified atom stereocenters. The van der Waals surface area contributed by atoms with Gasteiger partial charge >= 0.3 is 0 Å². The summed E-state index contributed by atoms with van der Waals surface area (Å²) in [5, 5.41) is 0. The van der Waals surface area contributed by atoms with Gasteiger partial charge in [-0.1, -0.05) is 32.9 Å². The summed E-state index contributed by atoms with van der Waals surface area (Å²) in [6.07, 6.45) is 11.2. The van der Waals surface area contributed by atoms with E-state index in [1.807, 2.05) is 16.0 Å². The SMILES string of the molecule is C=CN(C=C)CCCN(C=C)CCCN(C=C)C=C. The van der Waals surface area contributed by atoms with Crippen molar-refractivity contribution in [1.82, 2.24) is 14.7 Å². The Bertz CT molecular complexity index is 254. The van der Waals surface area contributed by atoms with Crippen LogP contribution in [0.2, 0.25) is 0 Å². The zero-order valence-corrected chi connectivity index (χ0v) is 12.0. The molecule has 0 heterocycles. The van der Waals surface area contributed by atoms with E-state index in [4.69, 9.17) is 0 Å². The lowest BCUT2D eigenvalue weighted by Crippen LogP contribution is -2.25. The molecule has 0 bridgehead atoms. The molecule has 0 saturated carbocycles. The van der Waals surface area contributed by atoms with Crippen molar-refractivity contribution in [3.05, 3.63) is 63.9 Å². The number of hydrogen-bond acceptors (Lipinski definition) is 3. The smallest absolute Gasteiger partial charge is 0.0235 e. The second-order valence-electron chi connectivity index (χ2n) is 4.13. The van der Waals surface area contributed by atoms with Gasteiger partial charge in [0.05, 0.1) is 0 Å². The van der Waals surface area contributed by atoms with Crippen LogP contribution in [-0.4, -0.2) is 40.9 Å². The average Bonchev–Trinajstić information content (AvgIpc) is 2.46. The monoisotopic (exact) mass is 261 g/mol. The van der Waals surface area contributed by atoms with Gasteiger partial charge in [-0.25, -0.2) is 0 Å². The Hall–Kier alpha value is -1.90. The molecule has 19 heavy (non-hydrogen) atoms. The predicted molar refractivity (Wildman–Crippen MR) is 85.2 cm³/mol. The molecule has 0 fully saturated rings. The molecule has 3 heteroatoms. The summed E-state index contributed by atoms with van der Waals surface area (Å²) in [6, 6.07) is 0. The molecule has 0 amide bonds. The molecule has 0 saturated heterocycles. The van der Waals surface area contributed by atoms with Crippen molar-refractivity contribution in [1.29, 1.82) is 0 Å². The van der Waals surface area contributed by atoms with Crippen LogP contribution in [0.25, 0.3) is 0 Å². The normalized spacial score (nSPS) is 9.26. The van der Waals surface area contributed by atoms with Gasteiger partial charge in [0.1, 0.15) is 0 Å². The van der Waals surface area contributed by atoms with Crippen molar-refractivity contribution >= 4 is 0 Å². The minimum absolute atomic E-state index is 0.933. The highest BCUT2D eigenvalue weighted by atomic mass is 15.1. The molecule has 0 aliphatic heterocycles. The highest BCUT2D eigenvalue weighted by Crippen LogP contribution is 2.00. The molecule has 0 rings (SSSR count). The molecule has 0 aromatic carbocycles. The summed E-state index contributed by atoms with van der Waals surface area (Å²) in [4.78, 5) is 6.20. The van der Waals surface area contributed by atoms with Crippen LogP contribution < -0.4 is 0 Å². The Labute approximate surface area is 118 Å². The quantitative estimate of drug-likeness (QED) is 0.503. The van der Waals surface area contributed by atoms with Crippen LogP contribution >= 0.6 is 0 Å². The molecule has 0 aromatic heterocycles. The summed E-state index contributed by atoms with van der Waals surface area (Å²) in [6.45, 7) is 22.6. The molecule has 0 N–H and O–H groups in total. The lowest BCUT2D eigenvalue weighted by atomic mass is 10.3. The summed E-state index contributed by atoms with van der Waals surface area (Å²) >= 11 is 0. The van der Waals surface area contributed by atoms with Crippen molar-refractivity contribution < 1.29 is 0 Å². The first-order valence-corrected chi connectivity index (χ1v) is 6.60. The number of hydrogen-bond donors (Lipinski definition) is 0. The Balaban J connectivity index is 3.85. The van der Waals surface area contributed by atoms with E-state index >= 15 is 0 Å². The summed E-state index contributed by atoms with van der Waals surface area (Å²) in [5.74, 6) is 0. The third-order valence-electron chi connectivity index (χ3n) is 2.92. The van der Waals surface area contributed by atoms with Crippen LogP contribution in [0.4, 0.5) is 0 Å². The second-order valence-corrected chi connectivity index (χ2v) is 4.13. The summed E-state index contributed by atoms with van der Waals surface area (Å²) in [7, 11) is 0. The third-order valence-corrected chi connectivity index (χ3v) is 2.92. The zero-order chi connectivity index (χ0) is 14.5.